The Morgan fingerprint density at radius 1 is 1.05 bits per heavy atom. The van der Waals surface area contributed by atoms with Crippen LogP contribution in [0, 0.1) is 11.8 Å². The predicted molar refractivity (Wildman–Crippen MR) is 83.9 cm³/mol. The Hall–Kier alpha value is -0.900. The molecule has 0 aliphatic heterocycles. The predicted octanol–water partition coefficient (Wildman–Crippen LogP) is 2.53. The number of rotatable bonds is 7. The third kappa shape index (κ3) is 4.53. The van der Waals surface area contributed by atoms with Crippen molar-refractivity contribution in [2.45, 2.75) is 63.8 Å². The van der Waals surface area contributed by atoms with E-state index in [1.165, 1.54) is 5.56 Å². The molecule has 118 valence electrons. The third-order valence-corrected chi connectivity index (χ3v) is 4.94. The molecule has 0 aromatic heterocycles. The van der Waals surface area contributed by atoms with Crippen LogP contribution in [0.4, 0.5) is 0 Å². The molecule has 2 rings (SSSR count). The highest BCUT2D eigenvalue weighted by Gasteiger charge is 2.40. The minimum atomic E-state index is -0.411. The molecule has 1 aromatic carbocycles. The zero-order chi connectivity index (χ0) is 15.2. The fraction of sp³-hybridized carbons (Fsp3) is 0.667. The summed E-state index contributed by atoms with van der Waals surface area (Å²) < 4.78 is 0. The SMILES string of the molecule is CCC1[C@@H](CC[C@@H](O)CCc2ccccc2)[C@H](O)C[C@@H]1O. The van der Waals surface area contributed by atoms with E-state index in [0.717, 1.165) is 25.7 Å². The van der Waals surface area contributed by atoms with Crippen molar-refractivity contribution in [1.82, 2.24) is 0 Å². The van der Waals surface area contributed by atoms with Crippen LogP contribution in [0.15, 0.2) is 30.3 Å². The lowest BCUT2D eigenvalue weighted by Crippen LogP contribution is -2.23. The van der Waals surface area contributed by atoms with E-state index in [1.807, 2.05) is 18.2 Å². The molecule has 0 radical (unpaired) electrons. The van der Waals surface area contributed by atoms with Gasteiger partial charge >= 0.3 is 0 Å². The zero-order valence-corrected chi connectivity index (χ0v) is 12.9. The molecule has 3 nitrogen and oxygen atoms in total. The molecule has 1 aliphatic carbocycles. The molecule has 5 atom stereocenters. The average molecular weight is 292 g/mol. The van der Waals surface area contributed by atoms with E-state index in [4.69, 9.17) is 0 Å². The molecule has 1 aliphatic rings. The first-order valence-electron chi connectivity index (χ1n) is 8.20. The van der Waals surface area contributed by atoms with Gasteiger partial charge < -0.3 is 15.3 Å². The lowest BCUT2D eigenvalue weighted by molar-refractivity contribution is 0.0835. The Morgan fingerprint density at radius 3 is 2.38 bits per heavy atom. The molecular weight excluding hydrogens is 264 g/mol. The van der Waals surface area contributed by atoms with Crippen LogP contribution >= 0.6 is 0 Å². The van der Waals surface area contributed by atoms with Gasteiger partial charge in [-0.3, -0.25) is 0 Å². The summed E-state index contributed by atoms with van der Waals surface area (Å²) in [5.74, 6) is 0.317. The van der Waals surface area contributed by atoms with Gasteiger partial charge in [0, 0.05) is 0 Å². The largest absolute Gasteiger partial charge is 0.393 e. The summed E-state index contributed by atoms with van der Waals surface area (Å²) in [6.07, 6.45) is 3.41. The van der Waals surface area contributed by atoms with Gasteiger partial charge in [-0.25, -0.2) is 0 Å². The standard InChI is InChI=1S/C18H28O3/c1-2-15-16(18(21)12-17(15)20)11-10-14(19)9-8-13-6-4-3-5-7-13/h3-7,14-21H,2,8-12H2,1H3/t14-,15?,16+,17-,18+/m0/s1. The monoisotopic (exact) mass is 292 g/mol. The number of hydrogen-bond acceptors (Lipinski definition) is 3. The van der Waals surface area contributed by atoms with Crippen LogP contribution in [-0.4, -0.2) is 33.6 Å². The van der Waals surface area contributed by atoms with Crippen molar-refractivity contribution in [3.63, 3.8) is 0 Å². The maximum Gasteiger partial charge on any atom is 0.0596 e. The van der Waals surface area contributed by atoms with Crippen molar-refractivity contribution in [2.24, 2.45) is 11.8 Å². The summed E-state index contributed by atoms with van der Waals surface area (Å²) in [4.78, 5) is 0. The minimum Gasteiger partial charge on any atom is -0.393 e. The Kier molecular flexibility index (Phi) is 6.22. The molecule has 3 N–H and O–H groups in total. The summed E-state index contributed by atoms with van der Waals surface area (Å²) in [6.45, 7) is 2.06. The Morgan fingerprint density at radius 2 is 1.71 bits per heavy atom. The van der Waals surface area contributed by atoms with Gasteiger partial charge in [-0.05, 0) is 49.5 Å². The number of aliphatic hydroxyl groups is 3. The van der Waals surface area contributed by atoms with Crippen molar-refractivity contribution >= 4 is 0 Å². The summed E-state index contributed by atoms with van der Waals surface area (Å²) in [7, 11) is 0. The maximum atomic E-state index is 10.1. The minimum absolute atomic E-state index is 0.136. The van der Waals surface area contributed by atoms with Gasteiger partial charge in [0.1, 0.15) is 0 Å². The lowest BCUT2D eigenvalue weighted by atomic mass is 9.86. The molecular formula is C18H28O3. The van der Waals surface area contributed by atoms with Gasteiger partial charge in [-0.15, -0.1) is 0 Å². The van der Waals surface area contributed by atoms with E-state index < -0.39 is 6.10 Å². The van der Waals surface area contributed by atoms with Gasteiger partial charge in [-0.1, -0.05) is 43.7 Å². The van der Waals surface area contributed by atoms with Crippen LogP contribution in [0.25, 0.3) is 0 Å². The van der Waals surface area contributed by atoms with Gasteiger partial charge in [0.25, 0.3) is 0 Å². The van der Waals surface area contributed by atoms with Gasteiger partial charge in [0.15, 0.2) is 0 Å². The highest BCUT2D eigenvalue weighted by Crippen LogP contribution is 2.38. The zero-order valence-electron chi connectivity index (χ0n) is 12.9. The first kappa shape index (κ1) is 16.5. The number of aliphatic hydroxyl groups excluding tert-OH is 3. The molecule has 1 unspecified atom stereocenters. The fourth-order valence-electron chi connectivity index (χ4n) is 3.66. The fourth-order valence-corrected chi connectivity index (χ4v) is 3.66. The van der Waals surface area contributed by atoms with Crippen molar-refractivity contribution in [3.8, 4) is 0 Å². The molecule has 21 heavy (non-hydrogen) atoms. The van der Waals surface area contributed by atoms with Crippen LogP contribution in [0.5, 0.6) is 0 Å². The van der Waals surface area contributed by atoms with Crippen molar-refractivity contribution in [1.29, 1.82) is 0 Å². The quantitative estimate of drug-likeness (QED) is 0.724. The third-order valence-electron chi connectivity index (χ3n) is 4.94. The average Bonchev–Trinajstić information content (AvgIpc) is 2.77. The molecule has 0 saturated heterocycles. The molecule has 0 heterocycles. The molecule has 1 saturated carbocycles. The smallest absolute Gasteiger partial charge is 0.0596 e. The van der Waals surface area contributed by atoms with Crippen LogP contribution in [-0.2, 0) is 6.42 Å². The van der Waals surface area contributed by atoms with E-state index in [1.54, 1.807) is 0 Å². The van der Waals surface area contributed by atoms with E-state index in [9.17, 15) is 15.3 Å². The Bertz CT molecular complexity index is 406. The van der Waals surface area contributed by atoms with Crippen LogP contribution < -0.4 is 0 Å². The van der Waals surface area contributed by atoms with E-state index in [0.29, 0.717) is 12.8 Å². The second-order valence-electron chi connectivity index (χ2n) is 6.36. The van der Waals surface area contributed by atoms with Gasteiger partial charge in [0.2, 0.25) is 0 Å². The molecule has 0 spiro atoms. The van der Waals surface area contributed by atoms with Crippen molar-refractivity contribution < 1.29 is 15.3 Å². The first-order chi connectivity index (χ1) is 10.1. The van der Waals surface area contributed by atoms with Crippen LogP contribution in [0.1, 0.15) is 44.6 Å². The van der Waals surface area contributed by atoms with Crippen LogP contribution in [0.2, 0.25) is 0 Å². The van der Waals surface area contributed by atoms with E-state index in [-0.39, 0.29) is 24.0 Å². The van der Waals surface area contributed by atoms with E-state index >= 15 is 0 Å². The summed E-state index contributed by atoms with van der Waals surface area (Å²) in [5, 5.41) is 30.1. The molecule has 1 fully saturated rings. The highest BCUT2D eigenvalue weighted by atomic mass is 16.3. The van der Waals surface area contributed by atoms with E-state index in [2.05, 4.69) is 19.1 Å². The van der Waals surface area contributed by atoms with Gasteiger partial charge in [0.05, 0.1) is 18.3 Å². The summed E-state index contributed by atoms with van der Waals surface area (Å²) in [5.41, 5.74) is 1.25. The summed E-state index contributed by atoms with van der Waals surface area (Å²) in [6, 6.07) is 10.2. The number of benzene rings is 1. The van der Waals surface area contributed by atoms with Gasteiger partial charge in [-0.2, -0.15) is 0 Å². The molecule has 0 bridgehead atoms. The topological polar surface area (TPSA) is 60.7 Å². The summed E-state index contributed by atoms with van der Waals surface area (Å²) >= 11 is 0. The Labute approximate surface area is 127 Å². The maximum absolute atomic E-state index is 10.1. The molecule has 0 amide bonds. The second-order valence-corrected chi connectivity index (χ2v) is 6.36. The normalized spacial score (nSPS) is 30.5. The molecule has 1 aromatic rings. The number of aryl methyl sites for hydroxylation is 1. The second kappa shape index (κ2) is 7.92. The Balaban J connectivity index is 1.74. The lowest BCUT2D eigenvalue weighted by Gasteiger charge is -2.23. The number of hydrogen-bond donors (Lipinski definition) is 3. The van der Waals surface area contributed by atoms with Crippen molar-refractivity contribution in [3.05, 3.63) is 35.9 Å². The first-order valence-corrected chi connectivity index (χ1v) is 8.20. The highest BCUT2D eigenvalue weighted by molar-refractivity contribution is 5.14. The van der Waals surface area contributed by atoms with Crippen LogP contribution in [0.3, 0.4) is 0 Å². The van der Waals surface area contributed by atoms with Crippen molar-refractivity contribution in [2.75, 3.05) is 0 Å². The molecule has 3 heteroatoms.